The van der Waals surface area contributed by atoms with E-state index in [-0.39, 0.29) is 34.9 Å². The Morgan fingerprint density at radius 2 is 0.589 bits per heavy atom. The second-order valence-electron chi connectivity index (χ2n) is 11.3. The zero-order valence-corrected chi connectivity index (χ0v) is 34.2. The number of rotatable bonds is 6. The summed E-state index contributed by atoms with van der Waals surface area (Å²) in [5.41, 5.74) is -0.657. The maximum atomic E-state index is 13.2. The van der Waals surface area contributed by atoms with Gasteiger partial charge in [0.15, 0.2) is 0 Å². The van der Waals surface area contributed by atoms with Gasteiger partial charge in [0.2, 0.25) is 0 Å². The van der Waals surface area contributed by atoms with Crippen molar-refractivity contribution in [3.63, 3.8) is 0 Å². The molecule has 0 bridgehead atoms. The van der Waals surface area contributed by atoms with Crippen LogP contribution in [0.4, 0.5) is 39.5 Å². The van der Waals surface area contributed by atoms with Crippen molar-refractivity contribution >= 4 is 67.2 Å². The van der Waals surface area contributed by atoms with Crippen molar-refractivity contribution in [1.82, 2.24) is 0 Å². The third-order valence-corrected chi connectivity index (χ3v) is 12.4. The molecule has 0 atom stereocenters. The van der Waals surface area contributed by atoms with Crippen LogP contribution in [0.2, 0.25) is 0 Å². The minimum atomic E-state index is -4.24. The average molecular weight is 1010 g/mol. The Kier molecular flexibility index (Phi) is 17.8. The fraction of sp³-hybridized carbons (Fsp3) is 0.0233. The summed E-state index contributed by atoms with van der Waals surface area (Å²) in [5.74, 6) is -1.85. The van der Waals surface area contributed by atoms with Gasteiger partial charge < -0.3 is 0 Å². The molecule has 13 heteroatoms. The number of halogens is 10. The van der Waals surface area contributed by atoms with Crippen molar-refractivity contribution < 1.29 is 55.1 Å². The van der Waals surface area contributed by atoms with Gasteiger partial charge in [-0.15, -0.1) is 0 Å². The number of benzene rings is 7. The first-order valence-corrected chi connectivity index (χ1v) is 23.5. The van der Waals surface area contributed by atoms with Gasteiger partial charge in [0, 0.05) is 0 Å². The predicted octanol–water partition coefficient (Wildman–Crippen LogP) is 11.1. The number of alkyl halides is 3. The molecule has 7 aromatic rings. The molecule has 56 heavy (non-hydrogen) atoms. The van der Waals surface area contributed by atoms with Gasteiger partial charge in [-0.1, -0.05) is 78.4 Å². The molecule has 0 aliphatic rings. The van der Waals surface area contributed by atoms with Crippen LogP contribution >= 0.6 is 35.4 Å². The molecule has 0 fully saturated rings. The number of hydrogen-bond acceptors (Lipinski definition) is 0. The molecule has 0 aromatic heterocycles. The van der Waals surface area contributed by atoms with Crippen LogP contribution in [0.1, 0.15) is 5.56 Å². The molecule has 7 aromatic carbocycles. The SMILES string of the molecule is FC(F)(F)c1c[c-]ccc1.Fc1ccc(P(c2ccc(F)cc2)c2ccc(F)cc2)cc1.Fc1ccc(P(c2ccc(F)cc2)c2ccc(F)cc2)cc1.[Pd+][I]. The fourth-order valence-corrected chi connectivity index (χ4v) is 9.48. The van der Waals surface area contributed by atoms with Gasteiger partial charge in [-0.05, 0) is 120 Å². The molecular weight excluding hydrogens is 983 g/mol. The third kappa shape index (κ3) is 13.7. The summed E-state index contributed by atoms with van der Waals surface area (Å²) in [6, 6.07) is 44.4. The first kappa shape index (κ1) is 44.9. The Labute approximate surface area is 342 Å². The van der Waals surface area contributed by atoms with E-state index in [0.717, 1.165) is 44.0 Å². The number of hydrogen-bond donors (Lipinski definition) is 0. The Hall–Kier alpha value is -3.84. The van der Waals surface area contributed by atoms with Gasteiger partial charge in [-0.2, -0.15) is 43.5 Å². The fourth-order valence-electron chi connectivity index (χ4n) is 5.01. The molecule has 0 aliphatic carbocycles. The zero-order chi connectivity index (χ0) is 40.7. The van der Waals surface area contributed by atoms with Crippen LogP contribution in [0.3, 0.4) is 0 Å². The first-order valence-electron chi connectivity index (χ1n) is 16.2. The van der Waals surface area contributed by atoms with Crippen LogP contribution < -0.4 is 31.8 Å². The van der Waals surface area contributed by atoms with E-state index in [4.69, 9.17) is 0 Å². The van der Waals surface area contributed by atoms with Crippen LogP contribution in [-0.4, -0.2) is 0 Å². The molecule has 0 N–H and O–H groups in total. The average Bonchev–Trinajstić information content (AvgIpc) is 3.21. The van der Waals surface area contributed by atoms with E-state index in [0.29, 0.717) is 0 Å². The van der Waals surface area contributed by atoms with Gasteiger partial charge >= 0.3 is 41.3 Å². The van der Waals surface area contributed by atoms with Crippen molar-refractivity contribution in [3.05, 3.63) is 216 Å². The monoisotopic (exact) mass is 1010 g/mol. The van der Waals surface area contributed by atoms with E-state index in [1.807, 2.05) is 19.5 Å². The molecule has 0 radical (unpaired) electrons. The van der Waals surface area contributed by atoms with Crippen molar-refractivity contribution in [2.24, 2.45) is 0 Å². The van der Waals surface area contributed by atoms with Gasteiger partial charge in [0.05, 0.1) is 0 Å². The quantitative estimate of drug-likeness (QED) is 0.0512. The summed E-state index contributed by atoms with van der Waals surface area (Å²) < 4.78 is 114. The van der Waals surface area contributed by atoms with Crippen LogP contribution in [0.25, 0.3) is 0 Å². The molecule has 0 unspecified atom stereocenters. The Balaban J connectivity index is 0.000000194. The van der Waals surface area contributed by atoms with E-state index < -0.39 is 27.6 Å². The summed E-state index contributed by atoms with van der Waals surface area (Å²) in [6.45, 7) is 0. The standard InChI is InChI=1S/2C18H12F3P.C7H4F3.HI.Pd/c2*19-13-1-7-16(8-2-13)22(17-9-3-14(20)4-10-17)18-11-5-15(21)6-12-18;8-7(9,10)6-4-2-1-3-5-6;;/h2*1-12H;1-2,4-5H;1H;/q;;-1;;+2/p-1. The summed E-state index contributed by atoms with van der Waals surface area (Å²) in [6.07, 6.45) is -4.24. The van der Waals surface area contributed by atoms with E-state index in [2.05, 4.69) is 21.7 Å². The molecule has 0 saturated heterocycles. The van der Waals surface area contributed by atoms with Crippen LogP contribution in [0.15, 0.2) is 170 Å². The second kappa shape index (κ2) is 22.2. The second-order valence-corrected chi connectivity index (χ2v) is 15.8. The normalized spacial score (nSPS) is 10.8. The summed E-state index contributed by atoms with van der Waals surface area (Å²) >= 11 is 4.72. The molecule has 290 valence electrons. The van der Waals surface area contributed by atoms with E-state index in [1.165, 1.54) is 84.9 Å². The molecule has 0 saturated carbocycles. The minimum absolute atomic E-state index is 0.308. The first-order chi connectivity index (χ1) is 26.9. The van der Waals surface area contributed by atoms with Crippen molar-refractivity contribution in [2.45, 2.75) is 6.18 Å². The van der Waals surface area contributed by atoms with Gasteiger partial charge in [0.25, 0.3) is 0 Å². The van der Waals surface area contributed by atoms with Gasteiger partial charge in [-0.3, -0.25) is 0 Å². The van der Waals surface area contributed by atoms with Crippen molar-refractivity contribution in [1.29, 1.82) is 0 Å². The Bertz CT molecular complexity index is 1840. The van der Waals surface area contributed by atoms with Crippen molar-refractivity contribution in [2.75, 3.05) is 0 Å². The molecule has 0 amide bonds. The van der Waals surface area contributed by atoms with E-state index in [9.17, 15) is 39.5 Å². The molecular formula is C43H28F9IP2Pd. The van der Waals surface area contributed by atoms with Gasteiger partial charge in [-0.25, -0.2) is 26.3 Å². The topological polar surface area (TPSA) is 0 Å². The van der Waals surface area contributed by atoms with E-state index >= 15 is 0 Å². The zero-order valence-electron chi connectivity index (χ0n) is 28.7. The molecule has 0 spiro atoms. The van der Waals surface area contributed by atoms with Crippen LogP contribution in [0, 0.1) is 41.0 Å². The van der Waals surface area contributed by atoms with Crippen LogP contribution in [0.5, 0.6) is 0 Å². The summed E-state index contributed by atoms with van der Waals surface area (Å²) in [7, 11) is -1.97. The summed E-state index contributed by atoms with van der Waals surface area (Å²) in [4.78, 5) is 0. The maximum absolute atomic E-state index is 13.2. The van der Waals surface area contributed by atoms with Crippen LogP contribution in [-0.2, 0) is 21.8 Å². The van der Waals surface area contributed by atoms with Gasteiger partial charge in [0.1, 0.15) is 34.9 Å². The third-order valence-electron chi connectivity index (χ3n) is 7.54. The molecule has 0 nitrogen and oxygen atoms in total. The molecule has 0 heterocycles. The summed E-state index contributed by atoms with van der Waals surface area (Å²) in [5, 5.41) is 5.55. The predicted molar refractivity (Wildman–Crippen MR) is 214 cm³/mol. The molecule has 7 rings (SSSR count). The van der Waals surface area contributed by atoms with Crippen molar-refractivity contribution in [3.8, 4) is 0 Å². The molecule has 0 aliphatic heterocycles. The Morgan fingerprint density at radius 1 is 0.375 bits per heavy atom. The van der Waals surface area contributed by atoms with E-state index in [1.54, 1.807) is 72.8 Å². The Morgan fingerprint density at radius 3 is 0.732 bits per heavy atom.